The van der Waals surface area contributed by atoms with Gasteiger partial charge in [-0.25, -0.2) is 0 Å². The molecule has 0 radical (unpaired) electrons. The number of thiophene rings is 1. The molecular weight excluding hydrogens is 523 g/mol. The van der Waals surface area contributed by atoms with E-state index in [0.29, 0.717) is 28.7 Å². The van der Waals surface area contributed by atoms with Crippen LogP contribution in [-0.4, -0.2) is 41.2 Å². The molecule has 0 saturated heterocycles. The van der Waals surface area contributed by atoms with E-state index < -0.39 is 0 Å². The van der Waals surface area contributed by atoms with Crippen LogP contribution < -0.4 is 0 Å². The summed E-state index contributed by atoms with van der Waals surface area (Å²) < 4.78 is 0. The number of unbranched alkanes of at least 4 members (excludes halogenated alkanes) is 1. The molecule has 1 aliphatic rings. The lowest BCUT2D eigenvalue weighted by atomic mass is 9.93. The standard InChI is InChI=1S/C30H28Cl2N2O2S/c1-2-3-14-33(30(36)22-9-8-20-6-4-5-7-21(20)17-22)19-28(35)34-15-12-27-25(13-16-37-27)29(34)24-11-10-23(31)18-26(24)32/h4-11,13,16-18,29H,2-3,12,14-15,19H2,1H3. The van der Waals surface area contributed by atoms with Gasteiger partial charge in [0.1, 0.15) is 6.54 Å². The summed E-state index contributed by atoms with van der Waals surface area (Å²) in [7, 11) is 0. The van der Waals surface area contributed by atoms with Crippen LogP contribution in [0.1, 0.15) is 52.2 Å². The summed E-state index contributed by atoms with van der Waals surface area (Å²) in [5.74, 6) is -0.208. The van der Waals surface area contributed by atoms with Crippen LogP contribution in [0.3, 0.4) is 0 Å². The van der Waals surface area contributed by atoms with Crippen molar-refractivity contribution in [2.24, 2.45) is 0 Å². The van der Waals surface area contributed by atoms with Gasteiger partial charge in [0.15, 0.2) is 0 Å². The maximum absolute atomic E-state index is 13.9. The van der Waals surface area contributed by atoms with Crippen molar-refractivity contribution in [2.45, 2.75) is 32.2 Å². The number of carbonyl (C=O) groups excluding carboxylic acids is 2. The quantitative estimate of drug-likeness (QED) is 0.237. The Morgan fingerprint density at radius 3 is 2.59 bits per heavy atom. The summed E-state index contributed by atoms with van der Waals surface area (Å²) in [6.45, 7) is 3.20. The Bertz CT molecular complexity index is 1450. The number of rotatable bonds is 7. The molecule has 3 aromatic carbocycles. The first kappa shape index (κ1) is 25.8. The van der Waals surface area contributed by atoms with Gasteiger partial charge in [-0.2, -0.15) is 0 Å². The first-order valence-electron chi connectivity index (χ1n) is 12.5. The molecule has 1 unspecified atom stereocenters. The Balaban J connectivity index is 1.44. The van der Waals surface area contributed by atoms with Crippen molar-refractivity contribution in [3.63, 3.8) is 0 Å². The van der Waals surface area contributed by atoms with Gasteiger partial charge >= 0.3 is 0 Å². The number of benzene rings is 3. The molecule has 7 heteroatoms. The third-order valence-electron chi connectivity index (χ3n) is 6.93. The Morgan fingerprint density at radius 2 is 1.81 bits per heavy atom. The Labute approximate surface area is 231 Å². The highest BCUT2D eigenvalue weighted by atomic mass is 35.5. The maximum atomic E-state index is 13.9. The molecule has 37 heavy (non-hydrogen) atoms. The SMILES string of the molecule is CCCCN(CC(=O)N1CCc2sccc2C1c1ccc(Cl)cc1Cl)C(=O)c1ccc2ccccc2c1. The normalized spacial score (nSPS) is 15.0. The van der Waals surface area contributed by atoms with Crippen LogP contribution in [0.2, 0.25) is 10.0 Å². The van der Waals surface area contributed by atoms with Crippen LogP contribution in [0.4, 0.5) is 0 Å². The zero-order valence-electron chi connectivity index (χ0n) is 20.6. The molecule has 1 atom stereocenters. The van der Waals surface area contributed by atoms with Gasteiger partial charge in [-0.3, -0.25) is 9.59 Å². The average molecular weight is 552 g/mol. The van der Waals surface area contributed by atoms with E-state index in [1.54, 1.807) is 22.3 Å². The predicted molar refractivity (Wildman–Crippen MR) is 153 cm³/mol. The fourth-order valence-corrected chi connectivity index (χ4v) is 6.42. The van der Waals surface area contributed by atoms with E-state index in [1.165, 1.54) is 4.88 Å². The van der Waals surface area contributed by atoms with E-state index in [2.05, 4.69) is 18.4 Å². The summed E-state index contributed by atoms with van der Waals surface area (Å²) in [6, 6.07) is 20.9. The highest BCUT2D eigenvalue weighted by Crippen LogP contribution is 2.41. The Kier molecular flexibility index (Phi) is 7.84. The molecule has 5 rings (SSSR count). The third-order valence-corrected chi connectivity index (χ3v) is 8.49. The second-order valence-electron chi connectivity index (χ2n) is 9.35. The zero-order valence-corrected chi connectivity index (χ0v) is 23.0. The topological polar surface area (TPSA) is 40.6 Å². The molecular formula is C30H28Cl2N2O2S. The van der Waals surface area contributed by atoms with Crippen molar-refractivity contribution < 1.29 is 9.59 Å². The fourth-order valence-electron chi connectivity index (χ4n) is 5.00. The van der Waals surface area contributed by atoms with E-state index in [1.807, 2.05) is 59.5 Å². The molecule has 190 valence electrons. The Hall–Kier alpha value is -2.86. The number of nitrogens with zero attached hydrogens (tertiary/aromatic N) is 2. The predicted octanol–water partition coefficient (Wildman–Crippen LogP) is 7.62. The lowest BCUT2D eigenvalue weighted by molar-refractivity contribution is -0.134. The molecule has 0 spiro atoms. The van der Waals surface area contributed by atoms with Crippen LogP contribution in [-0.2, 0) is 11.2 Å². The van der Waals surface area contributed by atoms with Crippen LogP contribution in [0.25, 0.3) is 10.8 Å². The highest BCUT2D eigenvalue weighted by molar-refractivity contribution is 7.10. The van der Waals surface area contributed by atoms with Gasteiger partial charge in [-0.15, -0.1) is 11.3 Å². The van der Waals surface area contributed by atoms with Crippen LogP contribution in [0, 0.1) is 0 Å². The second kappa shape index (κ2) is 11.3. The zero-order chi connectivity index (χ0) is 25.9. The van der Waals surface area contributed by atoms with Crippen LogP contribution in [0.5, 0.6) is 0 Å². The highest BCUT2D eigenvalue weighted by Gasteiger charge is 2.35. The smallest absolute Gasteiger partial charge is 0.254 e. The molecule has 1 aliphatic heterocycles. The van der Waals surface area contributed by atoms with Crippen molar-refractivity contribution in [1.82, 2.24) is 9.80 Å². The number of hydrogen-bond donors (Lipinski definition) is 0. The largest absolute Gasteiger partial charge is 0.330 e. The number of halogens is 2. The number of carbonyl (C=O) groups is 2. The first-order chi connectivity index (χ1) is 18.0. The monoisotopic (exact) mass is 550 g/mol. The molecule has 2 heterocycles. The maximum Gasteiger partial charge on any atom is 0.254 e. The molecule has 0 N–H and O–H groups in total. The summed E-state index contributed by atoms with van der Waals surface area (Å²) >= 11 is 14.5. The van der Waals surface area contributed by atoms with Gasteiger partial charge in [0.05, 0.1) is 6.04 Å². The second-order valence-corrected chi connectivity index (χ2v) is 11.2. The van der Waals surface area contributed by atoms with Crippen molar-refractivity contribution in [3.8, 4) is 0 Å². The molecule has 4 aromatic rings. The van der Waals surface area contributed by atoms with Gasteiger partial charge in [0.2, 0.25) is 5.91 Å². The van der Waals surface area contributed by atoms with Crippen LogP contribution in [0.15, 0.2) is 72.1 Å². The molecule has 0 bridgehead atoms. The van der Waals surface area contributed by atoms with Gasteiger partial charge in [-0.05, 0) is 70.5 Å². The van der Waals surface area contributed by atoms with E-state index in [-0.39, 0.29) is 24.4 Å². The number of amides is 2. The van der Waals surface area contributed by atoms with Crippen molar-refractivity contribution in [2.75, 3.05) is 19.6 Å². The van der Waals surface area contributed by atoms with Crippen LogP contribution >= 0.6 is 34.5 Å². The first-order valence-corrected chi connectivity index (χ1v) is 14.2. The van der Waals surface area contributed by atoms with E-state index in [9.17, 15) is 9.59 Å². The lowest BCUT2D eigenvalue weighted by Gasteiger charge is -2.38. The molecule has 0 fully saturated rings. The fraction of sp³-hybridized carbons (Fsp3) is 0.267. The molecule has 0 saturated carbocycles. The van der Waals surface area contributed by atoms with E-state index in [0.717, 1.165) is 41.2 Å². The summed E-state index contributed by atoms with van der Waals surface area (Å²) in [5.41, 5.74) is 2.54. The van der Waals surface area contributed by atoms with Gasteiger partial charge in [0, 0.05) is 33.6 Å². The minimum Gasteiger partial charge on any atom is -0.330 e. The summed E-state index contributed by atoms with van der Waals surface area (Å²) in [5, 5.41) is 5.24. The molecule has 1 aromatic heterocycles. The average Bonchev–Trinajstić information content (AvgIpc) is 3.39. The minimum atomic E-state index is -0.309. The Morgan fingerprint density at radius 1 is 1.00 bits per heavy atom. The van der Waals surface area contributed by atoms with Gasteiger partial charge in [-0.1, -0.05) is 72.9 Å². The number of fused-ring (bicyclic) bond motifs is 2. The lowest BCUT2D eigenvalue weighted by Crippen LogP contribution is -2.47. The van der Waals surface area contributed by atoms with Crippen molar-refractivity contribution >= 4 is 57.1 Å². The molecule has 4 nitrogen and oxygen atoms in total. The molecule has 2 amide bonds. The number of hydrogen-bond acceptors (Lipinski definition) is 3. The van der Waals surface area contributed by atoms with Crippen molar-refractivity contribution in [3.05, 3.63) is 104 Å². The molecule has 0 aliphatic carbocycles. The van der Waals surface area contributed by atoms with Gasteiger partial charge < -0.3 is 9.80 Å². The summed E-state index contributed by atoms with van der Waals surface area (Å²) in [4.78, 5) is 32.3. The van der Waals surface area contributed by atoms with Crippen molar-refractivity contribution in [1.29, 1.82) is 0 Å². The van der Waals surface area contributed by atoms with E-state index >= 15 is 0 Å². The third kappa shape index (κ3) is 5.40. The minimum absolute atomic E-state index is 0.0207. The van der Waals surface area contributed by atoms with Gasteiger partial charge in [0.25, 0.3) is 5.91 Å². The summed E-state index contributed by atoms with van der Waals surface area (Å²) in [6.07, 6.45) is 2.54. The van der Waals surface area contributed by atoms with E-state index in [4.69, 9.17) is 23.2 Å².